The number of benzene rings is 1. The summed E-state index contributed by atoms with van der Waals surface area (Å²) in [6, 6.07) is 13.6. The molecule has 102 valence electrons. The number of hydrogen-bond donors (Lipinski definition) is 1. The average molecular weight is 274 g/mol. The number of nitrogens with one attached hydrogen (secondary N) is 1. The van der Waals surface area contributed by atoms with E-state index in [-0.39, 0.29) is 0 Å². The van der Waals surface area contributed by atoms with E-state index < -0.39 is 0 Å². The standard InChI is InChI=1S/C16H22N2S/c1-13(17-2)14-6-8-15(9-7-14)18(3)11-10-16-5-4-12-19-16/h4-9,12-13,17H,10-11H2,1-3H3. The lowest BCUT2D eigenvalue weighted by Crippen LogP contribution is -2.20. The van der Waals surface area contributed by atoms with Gasteiger partial charge in [-0.3, -0.25) is 0 Å². The quantitative estimate of drug-likeness (QED) is 0.864. The lowest BCUT2D eigenvalue weighted by atomic mass is 10.1. The van der Waals surface area contributed by atoms with E-state index in [1.165, 1.54) is 16.1 Å². The Hall–Kier alpha value is -1.32. The second-order valence-electron chi connectivity index (χ2n) is 4.85. The number of thiophene rings is 1. The van der Waals surface area contributed by atoms with Gasteiger partial charge in [0.05, 0.1) is 0 Å². The minimum absolute atomic E-state index is 0.408. The number of anilines is 1. The number of nitrogens with zero attached hydrogens (tertiary/aromatic N) is 1. The summed E-state index contributed by atoms with van der Waals surface area (Å²) in [6.07, 6.45) is 1.11. The highest BCUT2D eigenvalue weighted by Gasteiger charge is 2.05. The van der Waals surface area contributed by atoms with Gasteiger partial charge in [0, 0.05) is 30.2 Å². The Morgan fingerprint density at radius 1 is 1.21 bits per heavy atom. The van der Waals surface area contributed by atoms with Crippen LogP contribution >= 0.6 is 11.3 Å². The van der Waals surface area contributed by atoms with Crippen molar-refractivity contribution in [2.45, 2.75) is 19.4 Å². The third-order valence-corrected chi connectivity index (χ3v) is 4.48. The monoisotopic (exact) mass is 274 g/mol. The van der Waals surface area contributed by atoms with Crippen LogP contribution in [0.3, 0.4) is 0 Å². The summed E-state index contributed by atoms with van der Waals surface area (Å²) < 4.78 is 0. The molecule has 0 fully saturated rings. The molecular formula is C16H22N2S. The zero-order valence-corrected chi connectivity index (χ0v) is 12.7. The van der Waals surface area contributed by atoms with E-state index in [9.17, 15) is 0 Å². The van der Waals surface area contributed by atoms with Crippen LogP contribution < -0.4 is 10.2 Å². The summed E-state index contributed by atoms with van der Waals surface area (Å²) in [5, 5.41) is 5.40. The topological polar surface area (TPSA) is 15.3 Å². The Bertz CT molecular complexity index is 476. The van der Waals surface area contributed by atoms with Gasteiger partial charge in [0.25, 0.3) is 0 Å². The Balaban J connectivity index is 1.93. The van der Waals surface area contributed by atoms with Crippen LogP contribution in [0.2, 0.25) is 0 Å². The van der Waals surface area contributed by atoms with Crippen LogP contribution in [0.1, 0.15) is 23.4 Å². The molecule has 0 aliphatic carbocycles. The SMILES string of the molecule is CNC(C)c1ccc(N(C)CCc2cccs2)cc1. The molecule has 2 nitrogen and oxygen atoms in total. The van der Waals surface area contributed by atoms with Crippen molar-refractivity contribution in [2.24, 2.45) is 0 Å². The number of hydrogen-bond acceptors (Lipinski definition) is 3. The molecule has 0 amide bonds. The third-order valence-electron chi connectivity index (χ3n) is 3.54. The fourth-order valence-electron chi connectivity index (χ4n) is 2.05. The first-order chi connectivity index (χ1) is 9.20. The smallest absolute Gasteiger partial charge is 0.0363 e. The molecule has 2 rings (SSSR count). The van der Waals surface area contributed by atoms with E-state index in [4.69, 9.17) is 0 Å². The minimum atomic E-state index is 0.408. The van der Waals surface area contributed by atoms with Gasteiger partial charge in [0.1, 0.15) is 0 Å². The van der Waals surface area contributed by atoms with Crippen molar-refractivity contribution in [1.29, 1.82) is 0 Å². The summed E-state index contributed by atoms with van der Waals surface area (Å²) in [7, 11) is 4.15. The van der Waals surface area contributed by atoms with Crippen molar-refractivity contribution < 1.29 is 0 Å². The minimum Gasteiger partial charge on any atom is -0.374 e. The van der Waals surface area contributed by atoms with Crippen molar-refractivity contribution in [3.05, 3.63) is 52.2 Å². The summed E-state index contributed by atoms with van der Waals surface area (Å²) in [5.41, 5.74) is 2.61. The van der Waals surface area contributed by atoms with Crippen LogP contribution in [0.25, 0.3) is 0 Å². The molecule has 0 saturated carbocycles. The van der Waals surface area contributed by atoms with Gasteiger partial charge < -0.3 is 10.2 Å². The van der Waals surface area contributed by atoms with Crippen LogP contribution in [0.15, 0.2) is 41.8 Å². The van der Waals surface area contributed by atoms with Crippen LogP contribution in [0.4, 0.5) is 5.69 Å². The first-order valence-corrected chi connectivity index (χ1v) is 7.59. The molecule has 1 unspecified atom stereocenters. The molecule has 0 aliphatic heterocycles. The van der Waals surface area contributed by atoms with Gasteiger partial charge in [-0.25, -0.2) is 0 Å². The van der Waals surface area contributed by atoms with Gasteiger partial charge in [0.15, 0.2) is 0 Å². The Morgan fingerprint density at radius 2 is 1.95 bits per heavy atom. The first-order valence-electron chi connectivity index (χ1n) is 6.71. The van der Waals surface area contributed by atoms with E-state index in [0.717, 1.165) is 13.0 Å². The molecule has 0 radical (unpaired) electrons. The Morgan fingerprint density at radius 3 is 2.53 bits per heavy atom. The average Bonchev–Trinajstić information content (AvgIpc) is 2.97. The summed E-state index contributed by atoms with van der Waals surface area (Å²) in [5.74, 6) is 0. The molecule has 0 aliphatic rings. The van der Waals surface area contributed by atoms with Crippen LogP contribution in [0.5, 0.6) is 0 Å². The highest BCUT2D eigenvalue weighted by Crippen LogP contribution is 2.19. The van der Waals surface area contributed by atoms with Crippen molar-refractivity contribution in [3.8, 4) is 0 Å². The Labute approximate surface area is 120 Å². The maximum absolute atomic E-state index is 3.26. The van der Waals surface area contributed by atoms with E-state index >= 15 is 0 Å². The van der Waals surface area contributed by atoms with Gasteiger partial charge in [-0.2, -0.15) is 0 Å². The van der Waals surface area contributed by atoms with Crippen LogP contribution in [-0.4, -0.2) is 20.6 Å². The fourth-order valence-corrected chi connectivity index (χ4v) is 2.74. The van der Waals surface area contributed by atoms with Crippen molar-refractivity contribution in [2.75, 3.05) is 25.5 Å². The van der Waals surface area contributed by atoms with Gasteiger partial charge in [0.2, 0.25) is 0 Å². The molecule has 2 aromatic rings. The van der Waals surface area contributed by atoms with E-state index in [1.807, 2.05) is 18.4 Å². The third kappa shape index (κ3) is 3.82. The number of likely N-dealkylation sites (N-methyl/N-ethyl adjacent to an activating group) is 1. The molecule has 1 aromatic carbocycles. The normalized spacial score (nSPS) is 12.4. The van der Waals surface area contributed by atoms with Crippen molar-refractivity contribution in [3.63, 3.8) is 0 Å². The second-order valence-corrected chi connectivity index (χ2v) is 5.89. The number of rotatable bonds is 6. The van der Waals surface area contributed by atoms with E-state index in [0.29, 0.717) is 6.04 Å². The summed E-state index contributed by atoms with van der Waals surface area (Å²) in [4.78, 5) is 3.76. The highest BCUT2D eigenvalue weighted by molar-refractivity contribution is 7.09. The Kier molecular flexibility index (Phi) is 5.00. The molecule has 1 heterocycles. The van der Waals surface area contributed by atoms with Gasteiger partial charge in [-0.05, 0) is 49.5 Å². The fraction of sp³-hybridized carbons (Fsp3) is 0.375. The maximum atomic E-state index is 3.26. The zero-order valence-electron chi connectivity index (χ0n) is 11.9. The largest absolute Gasteiger partial charge is 0.374 e. The van der Waals surface area contributed by atoms with Crippen LogP contribution in [-0.2, 0) is 6.42 Å². The van der Waals surface area contributed by atoms with Crippen molar-refractivity contribution >= 4 is 17.0 Å². The maximum Gasteiger partial charge on any atom is 0.0363 e. The lowest BCUT2D eigenvalue weighted by Gasteiger charge is -2.20. The van der Waals surface area contributed by atoms with Gasteiger partial charge in [-0.15, -0.1) is 11.3 Å². The highest BCUT2D eigenvalue weighted by atomic mass is 32.1. The molecule has 0 spiro atoms. The molecule has 0 bridgehead atoms. The van der Waals surface area contributed by atoms with Gasteiger partial charge in [-0.1, -0.05) is 18.2 Å². The predicted octanol–water partition coefficient (Wildman–Crippen LogP) is 3.71. The molecule has 1 aromatic heterocycles. The van der Waals surface area contributed by atoms with Crippen LogP contribution in [0, 0.1) is 0 Å². The molecule has 19 heavy (non-hydrogen) atoms. The summed E-state index contributed by atoms with van der Waals surface area (Å²) in [6.45, 7) is 3.23. The molecule has 1 N–H and O–H groups in total. The zero-order chi connectivity index (χ0) is 13.7. The second kappa shape index (κ2) is 6.73. The van der Waals surface area contributed by atoms with Crippen molar-refractivity contribution in [1.82, 2.24) is 5.32 Å². The lowest BCUT2D eigenvalue weighted by molar-refractivity contribution is 0.652. The molecular weight excluding hydrogens is 252 g/mol. The van der Waals surface area contributed by atoms with E-state index in [2.05, 4.69) is 66.0 Å². The van der Waals surface area contributed by atoms with E-state index in [1.54, 1.807) is 0 Å². The molecule has 0 saturated heterocycles. The first kappa shape index (κ1) is 14.1. The van der Waals surface area contributed by atoms with Gasteiger partial charge >= 0.3 is 0 Å². The summed E-state index contributed by atoms with van der Waals surface area (Å²) >= 11 is 1.83. The molecule has 1 atom stereocenters. The molecule has 3 heteroatoms. The predicted molar refractivity (Wildman–Crippen MR) is 85.2 cm³/mol.